The van der Waals surface area contributed by atoms with Gasteiger partial charge < -0.3 is 0 Å². The maximum atomic E-state index is 11.4. The lowest BCUT2D eigenvalue weighted by molar-refractivity contribution is 0.601. The van der Waals surface area contributed by atoms with E-state index in [9.17, 15) is 16.8 Å². The van der Waals surface area contributed by atoms with Gasteiger partial charge in [0.1, 0.15) is 0 Å². The van der Waals surface area contributed by atoms with E-state index in [0.717, 1.165) is 0 Å². The molecule has 0 aromatic heterocycles. The van der Waals surface area contributed by atoms with Gasteiger partial charge in [-0.25, -0.2) is 16.8 Å². The topological polar surface area (TPSA) is 68.3 Å². The van der Waals surface area contributed by atoms with Gasteiger partial charge in [-0.2, -0.15) is 0 Å². The van der Waals surface area contributed by atoms with E-state index < -0.39 is 19.7 Å². The van der Waals surface area contributed by atoms with Crippen LogP contribution in [-0.2, 0) is 19.7 Å². The summed E-state index contributed by atoms with van der Waals surface area (Å²) in [7, 11) is -6.31. The van der Waals surface area contributed by atoms with Gasteiger partial charge in [0, 0.05) is 9.81 Å². The molecule has 0 aromatic carbocycles. The van der Waals surface area contributed by atoms with E-state index in [1.165, 1.54) is 26.0 Å². The van der Waals surface area contributed by atoms with Crippen LogP contribution < -0.4 is 0 Å². The van der Waals surface area contributed by atoms with Crippen LogP contribution in [0.5, 0.6) is 0 Å². The Morgan fingerprint density at radius 1 is 0.824 bits per heavy atom. The Hall–Kier alpha value is -0.620. The summed E-state index contributed by atoms with van der Waals surface area (Å²) in [4.78, 5) is 0.580. The van der Waals surface area contributed by atoms with Crippen LogP contribution in [0.3, 0.4) is 0 Å². The highest BCUT2D eigenvalue weighted by Crippen LogP contribution is 2.11. The number of hydrogen-bond acceptors (Lipinski definition) is 4. The minimum Gasteiger partial charge on any atom is -0.224 e. The fourth-order valence-corrected chi connectivity index (χ4v) is 2.71. The quantitative estimate of drug-likeness (QED) is 0.746. The van der Waals surface area contributed by atoms with E-state index in [0.29, 0.717) is 6.42 Å². The third-order valence-electron chi connectivity index (χ3n) is 2.55. The minimum atomic E-state index is -3.15. The molecule has 0 saturated heterocycles. The van der Waals surface area contributed by atoms with Crippen LogP contribution in [0.1, 0.15) is 34.1 Å². The zero-order valence-electron chi connectivity index (χ0n) is 10.7. The van der Waals surface area contributed by atoms with Crippen LogP contribution in [0.4, 0.5) is 0 Å². The van der Waals surface area contributed by atoms with Crippen molar-refractivity contribution in [3.63, 3.8) is 0 Å². The molecule has 0 aliphatic heterocycles. The first-order valence-corrected chi connectivity index (χ1v) is 8.76. The van der Waals surface area contributed by atoms with E-state index in [-0.39, 0.29) is 21.3 Å². The van der Waals surface area contributed by atoms with Gasteiger partial charge in [0.15, 0.2) is 19.7 Å². The zero-order valence-corrected chi connectivity index (χ0v) is 12.4. The fraction of sp³-hybridized carbons (Fsp3) is 0.636. The molecule has 0 spiro atoms. The first-order chi connectivity index (χ1) is 7.67. The Kier molecular flexibility index (Phi) is 6.12. The summed E-state index contributed by atoms with van der Waals surface area (Å²) in [6.07, 6.45) is 3.39. The molecule has 0 radical (unpaired) electrons. The molecule has 0 unspecified atom stereocenters. The van der Waals surface area contributed by atoms with Gasteiger partial charge in [-0.15, -0.1) is 0 Å². The summed E-state index contributed by atoms with van der Waals surface area (Å²) in [5.74, 6) is 0.122. The highest BCUT2D eigenvalue weighted by molar-refractivity contribution is 7.95. The summed E-state index contributed by atoms with van der Waals surface area (Å²) >= 11 is 0. The first-order valence-electron chi connectivity index (χ1n) is 5.46. The molecular weight excluding hydrogens is 260 g/mol. The van der Waals surface area contributed by atoms with Crippen molar-refractivity contribution in [2.24, 2.45) is 0 Å². The maximum absolute atomic E-state index is 11.4. The summed E-state index contributed by atoms with van der Waals surface area (Å²) in [6.45, 7) is 6.21. The van der Waals surface area contributed by atoms with Gasteiger partial charge in [0.2, 0.25) is 0 Å². The monoisotopic (exact) mass is 280 g/mol. The van der Waals surface area contributed by atoms with Crippen LogP contribution in [0.15, 0.2) is 22.0 Å². The van der Waals surface area contributed by atoms with Crippen molar-refractivity contribution >= 4 is 19.7 Å². The molecule has 0 aromatic rings. The normalized spacial score (nSPS) is 15.1. The van der Waals surface area contributed by atoms with Gasteiger partial charge >= 0.3 is 0 Å². The number of hydrogen-bond donors (Lipinski definition) is 0. The summed E-state index contributed by atoms with van der Waals surface area (Å²) in [5.41, 5.74) is 0. The van der Waals surface area contributed by atoms with Crippen molar-refractivity contribution in [2.75, 3.05) is 11.5 Å². The van der Waals surface area contributed by atoms with Gasteiger partial charge in [0.05, 0.1) is 11.5 Å². The Balaban J connectivity index is 4.84. The third kappa shape index (κ3) is 5.04. The molecule has 0 N–H and O–H groups in total. The van der Waals surface area contributed by atoms with E-state index >= 15 is 0 Å². The fourth-order valence-electron chi connectivity index (χ4n) is 1.10. The highest BCUT2D eigenvalue weighted by Gasteiger charge is 2.10. The van der Waals surface area contributed by atoms with E-state index in [1.807, 2.05) is 0 Å². The minimum absolute atomic E-state index is 0.0608. The summed E-state index contributed by atoms with van der Waals surface area (Å²) in [6, 6.07) is 0. The van der Waals surface area contributed by atoms with E-state index in [4.69, 9.17) is 0 Å². The second kappa shape index (κ2) is 6.35. The standard InChI is InChI=1S/C11H20O4S2/c1-5-16(12,13)10(3)8-7-9-11(4)17(14,15)6-2/h8-9H,5-7H2,1-4H3. The van der Waals surface area contributed by atoms with E-state index in [1.54, 1.807) is 13.8 Å². The number of sulfone groups is 2. The molecular formula is C11H20O4S2. The molecule has 4 nitrogen and oxygen atoms in total. The average Bonchev–Trinajstić information content (AvgIpc) is 2.28. The molecule has 6 heteroatoms. The van der Waals surface area contributed by atoms with Gasteiger partial charge in [-0.05, 0) is 20.3 Å². The van der Waals surface area contributed by atoms with Crippen LogP contribution >= 0.6 is 0 Å². The smallest absolute Gasteiger partial charge is 0.173 e. The first kappa shape index (κ1) is 16.4. The molecule has 0 aliphatic rings. The Morgan fingerprint density at radius 3 is 1.35 bits per heavy atom. The molecule has 0 aliphatic carbocycles. The predicted molar refractivity (Wildman–Crippen MR) is 71.1 cm³/mol. The lowest BCUT2D eigenvalue weighted by Crippen LogP contribution is -2.04. The van der Waals surface area contributed by atoms with Crippen molar-refractivity contribution in [1.82, 2.24) is 0 Å². The third-order valence-corrected chi connectivity index (χ3v) is 6.37. The van der Waals surface area contributed by atoms with Crippen molar-refractivity contribution < 1.29 is 16.8 Å². The highest BCUT2D eigenvalue weighted by atomic mass is 32.2. The van der Waals surface area contributed by atoms with Crippen molar-refractivity contribution in [2.45, 2.75) is 34.1 Å². The van der Waals surface area contributed by atoms with Gasteiger partial charge in [-0.3, -0.25) is 0 Å². The van der Waals surface area contributed by atoms with Crippen molar-refractivity contribution in [1.29, 1.82) is 0 Å². The second-order valence-electron chi connectivity index (χ2n) is 3.67. The second-order valence-corrected chi connectivity index (χ2v) is 8.57. The Bertz CT molecular complexity index is 460. The largest absolute Gasteiger partial charge is 0.224 e. The molecule has 17 heavy (non-hydrogen) atoms. The molecule has 0 saturated carbocycles. The molecule has 0 heterocycles. The number of allylic oxidation sites excluding steroid dienone is 4. The lowest BCUT2D eigenvalue weighted by atomic mass is 10.3. The number of rotatable bonds is 6. The van der Waals surface area contributed by atoms with Crippen LogP contribution in [0, 0.1) is 0 Å². The summed E-state index contributed by atoms with van der Waals surface area (Å²) < 4.78 is 45.7. The van der Waals surface area contributed by atoms with E-state index in [2.05, 4.69) is 0 Å². The predicted octanol–water partition coefficient (Wildman–Crippen LogP) is 2.05. The van der Waals surface area contributed by atoms with Gasteiger partial charge in [0.25, 0.3) is 0 Å². The Morgan fingerprint density at radius 2 is 1.12 bits per heavy atom. The lowest BCUT2D eigenvalue weighted by Gasteiger charge is -2.01. The van der Waals surface area contributed by atoms with Gasteiger partial charge in [-0.1, -0.05) is 26.0 Å². The molecule has 0 amide bonds. The van der Waals surface area contributed by atoms with Crippen molar-refractivity contribution in [3.05, 3.63) is 22.0 Å². The molecule has 100 valence electrons. The van der Waals surface area contributed by atoms with Crippen LogP contribution in [-0.4, -0.2) is 28.3 Å². The SMILES string of the molecule is CCS(=O)(=O)C(C)=CCC=C(C)S(=O)(=O)CC. The molecule has 0 rings (SSSR count). The molecule has 0 bridgehead atoms. The van der Waals surface area contributed by atoms with Crippen molar-refractivity contribution in [3.8, 4) is 0 Å². The maximum Gasteiger partial charge on any atom is 0.173 e. The zero-order chi connectivity index (χ0) is 13.7. The summed E-state index contributed by atoms with van der Waals surface area (Å²) in [5, 5.41) is 0. The van der Waals surface area contributed by atoms with Crippen LogP contribution in [0.25, 0.3) is 0 Å². The molecule has 0 fully saturated rings. The average molecular weight is 280 g/mol. The Labute approximate surface area is 104 Å². The molecule has 0 atom stereocenters. The van der Waals surface area contributed by atoms with Crippen LogP contribution in [0.2, 0.25) is 0 Å².